The fourth-order valence-electron chi connectivity index (χ4n) is 2.99. The molecule has 0 aliphatic carbocycles. The summed E-state index contributed by atoms with van der Waals surface area (Å²) in [7, 11) is 0. The van der Waals surface area contributed by atoms with Gasteiger partial charge in [0.05, 0.1) is 0 Å². The molecule has 0 aromatic heterocycles. The zero-order chi connectivity index (χ0) is 18.8. The van der Waals surface area contributed by atoms with Crippen molar-refractivity contribution in [3.63, 3.8) is 0 Å². The van der Waals surface area contributed by atoms with E-state index in [4.69, 9.17) is 14.2 Å². The predicted octanol–water partition coefficient (Wildman–Crippen LogP) is 4.75. The van der Waals surface area contributed by atoms with Crippen LogP contribution in [0.15, 0.2) is 72.8 Å². The normalized spacial score (nSPS) is 18.0. The van der Waals surface area contributed by atoms with Crippen molar-refractivity contribution >= 4 is 5.97 Å². The van der Waals surface area contributed by atoms with Gasteiger partial charge in [-0.25, -0.2) is 4.79 Å². The molecule has 4 rings (SSSR count). The number of carboxylic acid groups (broad SMARTS) is 1. The third kappa shape index (κ3) is 3.44. The first-order chi connectivity index (χ1) is 13.1. The third-order valence-electron chi connectivity index (χ3n) is 4.41. The van der Waals surface area contributed by atoms with E-state index in [0.717, 1.165) is 11.3 Å². The molecule has 1 heterocycles. The molecule has 0 fully saturated rings. The lowest BCUT2D eigenvalue weighted by Gasteiger charge is -2.31. The molecule has 0 amide bonds. The van der Waals surface area contributed by atoms with Gasteiger partial charge in [-0.05, 0) is 48.4 Å². The Bertz CT molecular complexity index is 964. The molecule has 3 aromatic rings. The maximum Gasteiger partial charge on any atom is 0.349 e. The highest BCUT2D eigenvalue weighted by Crippen LogP contribution is 2.39. The average Bonchev–Trinajstić information content (AvgIpc) is 2.69. The summed E-state index contributed by atoms with van der Waals surface area (Å²) in [5.41, 5.74) is 1.74. The number of carbonyl (C=O) groups is 1. The molecule has 5 heteroatoms. The Labute approximate surface area is 156 Å². The van der Waals surface area contributed by atoms with E-state index in [1.807, 2.05) is 37.3 Å². The van der Waals surface area contributed by atoms with Gasteiger partial charge in [-0.2, -0.15) is 0 Å². The van der Waals surface area contributed by atoms with E-state index < -0.39 is 18.2 Å². The average molecular weight is 362 g/mol. The quantitative estimate of drug-likeness (QED) is 0.725. The number of para-hydroxylation sites is 3. The largest absolute Gasteiger partial charge is 0.478 e. The van der Waals surface area contributed by atoms with Gasteiger partial charge in [0.1, 0.15) is 11.5 Å². The maximum atomic E-state index is 11.7. The van der Waals surface area contributed by atoms with E-state index in [9.17, 15) is 9.90 Å². The summed E-state index contributed by atoms with van der Waals surface area (Å²) in [6.07, 6.45) is -1.87. The van der Waals surface area contributed by atoms with E-state index in [2.05, 4.69) is 0 Å². The van der Waals surface area contributed by atoms with Crippen LogP contribution in [0.4, 0.5) is 0 Å². The summed E-state index contributed by atoms with van der Waals surface area (Å²) in [5, 5.41) is 9.55. The number of aliphatic carboxylic acids is 1. The fraction of sp³-hybridized carbons (Fsp3) is 0.136. The number of aryl methyl sites for hydroxylation is 1. The zero-order valence-electron chi connectivity index (χ0n) is 14.7. The smallest absolute Gasteiger partial charge is 0.349 e. The molecule has 1 N–H and O–H groups in total. The van der Waals surface area contributed by atoms with Crippen LogP contribution in [0.1, 0.15) is 17.2 Å². The second-order valence-corrected chi connectivity index (χ2v) is 6.30. The van der Waals surface area contributed by atoms with Crippen molar-refractivity contribution in [1.82, 2.24) is 0 Å². The molecular formula is C22H18O5. The van der Waals surface area contributed by atoms with E-state index in [1.54, 1.807) is 42.5 Å². The number of fused-ring (bicyclic) bond motifs is 1. The molecule has 5 nitrogen and oxygen atoms in total. The van der Waals surface area contributed by atoms with Crippen LogP contribution >= 0.6 is 0 Å². The monoisotopic (exact) mass is 362 g/mol. The van der Waals surface area contributed by atoms with E-state index in [-0.39, 0.29) is 0 Å². The summed E-state index contributed by atoms with van der Waals surface area (Å²) in [5.74, 6) is 1.33. The molecule has 1 aliphatic heterocycles. The van der Waals surface area contributed by atoms with Gasteiger partial charge in [-0.1, -0.05) is 42.5 Å². The van der Waals surface area contributed by atoms with Crippen molar-refractivity contribution < 1.29 is 24.1 Å². The van der Waals surface area contributed by atoms with Crippen LogP contribution in [0.2, 0.25) is 0 Å². The van der Waals surface area contributed by atoms with E-state index in [1.165, 1.54) is 0 Å². The highest BCUT2D eigenvalue weighted by atomic mass is 16.6. The molecule has 0 saturated heterocycles. The van der Waals surface area contributed by atoms with Crippen LogP contribution in [0.25, 0.3) is 0 Å². The number of ether oxygens (including phenoxy) is 3. The molecule has 0 saturated carbocycles. The number of hydrogen-bond acceptors (Lipinski definition) is 4. The molecule has 3 aromatic carbocycles. The summed E-state index contributed by atoms with van der Waals surface area (Å²) >= 11 is 0. The first-order valence-corrected chi connectivity index (χ1v) is 8.60. The standard InChI is InChI=1S/C22H18O5/c1-14-6-2-3-7-17(14)25-16-12-10-15(11-13-16)20-21(22(23)24)27-19-9-5-4-8-18(19)26-20/h2-13,20-21H,1H3,(H,23,24). The lowest BCUT2D eigenvalue weighted by Crippen LogP contribution is -2.39. The zero-order valence-corrected chi connectivity index (χ0v) is 14.7. The van der Waals surface area contributed by atoms with Gasteiger partial charge in [0.15, 0.2) is 17.6 Å². The van der Waals surface area contributed by atoms with E-state index in [0.29, 0.717) is 22.8 Å². The Morgan fingerprint density at radius 1 is 0.889 bits per heavy atom. The molecule has 27 heavy (non-hydrogen) atoms. The van der Waals surface area contributed by atoms with Crippen LogP contribution < -0.4 is 14.2 Å². The number of rotatable bonds is 4. The minimum absolute atomic E-state index is 0.431. The van der Waals surface area contributed by atoms with Crippen molar-refractivity contribution in [1.29, 1.82) is 0 Å². The first kappa shape index (κ1) is 17.0. The maximum absolute atomic E-state index is 11.7. The number of benzene rings is 3. The van der Waals surface area contributed by atoms with Crippen molar-refractivity contribution in [3.8, 4) is 23.0 Å². The second kappa shape index (κ2) is 7.03. The number of carboxylic acids is 1. The predicted molar refractivity (Wildman–Crippen MR) is 99.6 cm³/mol. The Morgan fingerprint density at radius 2 is 1.52 bits per heavy atom. The van der Waals surface area contributed by atoms with Crippen LogP contribution in [0, 0.1) is 6.92 Å². The molecular weight excluding hydrogens is 344 g/mol. The topological polar surface area (TPSA) is 65.0 Å². The molecule has 0 spiro atoms. The van der Waals surface area contributed by atoms with Gasteiger partial charge >= 0.3 is 5.97 Å². The van der Waals surface area contributed by atoms with Crippen molar-refractivity contribution in [2.75, 3.05) is 0 Å². The summed E-state index contributed by atoms with van der Waals surface area (Å²) < 4.78 is 17.5. The van der Waals surface area contributed by atoms with Crippen LogP contribution in [0.3, 0.4) is 0 Å². The van der Waals surface area contributed by atoms with Gasteiger partial charge in [0.2, 0.25) is 6.10 Å². The molecule has 136 valence electrons. The Kier molecular flexibility index (Phi) is 4.42. The van der Waals surface area contributed by atoms with Gasteiger partial charge in [0.25, 0.3) is 0 Å². The van der Waals surface area contributed by atoms with Crippen LogP contribution in [-0.4, -0.2) is 17.2 Å². The van der Waals surface area contributed by atoms with Gasteiger partial charge in [-0.3, -0.25) is 0 Å². The second-order valence-electron chi connectivity index (χ2n) is 6.30. The first-order valence-electron chi connectivity index (χ1n) is 8.60. The van der Waals surface area contributed by atoms with Crippen molar-refractivity contribution in [3.05, 3.63) is 83.9 Å². The lowest BCUT2D eigenvalue weighted by atomic mass is 10.0. The lowest BCUT2D eigenvalue weighted by molar-refractivity contribution is -0.151. The highest BCUT2D eigenvalue weighted by Gasteiger charge is 2.38. The highest BCUT2D eigenvalue weighted by molar-refractivity contribution is 5.75. The van der Waals surface area contributed by atoms with Gasteiger partial charge < -0.3 is 19.3 Å². The summed E-state index contributed by atoms with van der Waals surface area (Å²) in [4.78, 5) is 11.7. The van der Waals surface area contributed by atoms with Crippen LogP contribution in [0.5, 0.6) is 23.0 Å². The molecule has 2 unspecified atom stereocenters. The molecule has 1 aliphatic rings. The Balaban J connectivity index is 1.59. The Morgan fingerprint density at radius 3 is 2.19 bits per heavy atom. The molecule has 0 bridgehead atoms. The molecule has 0 radical (unpaired) electrons. The van der Waals surface area contributed by atoms with Gasteiger partial charge in [-0.15, -0.1) is 0 Å². The third-order valence-corrected chi connectivity index (χ3v) is 4.41. The number of hydrogen-bond donors (Lipinski definition) is 1. The Hall–Kier alpha value is -3.47. The minimum atomic E-state index is -1.12. The summed E-state index contributed by atoms with van der Waals surface area (Å²) in [6, 6.07) is 22.0. The minimum Gasteiger partial charge on any atom is -0.478 e. The fourth-order valence-corrected chi connectivity index (χ4v) is 2.99. The van der Waals surface area contributed by atoms with Crippen molar-refractivity contribution in [2.24, 2.45) is 0 Å². The summed E-state index contributed by atoms with van der Waals surface area (Å²) in [6.45, 7) is 1.98. The molecule has 2 atom stereocenters. The van der Waals surface area contributed by atoms with Crippen LogP contribution in [-0.2, 0) is 4.79 Å². The van der Waals surface area contributed by atoms with Gasteiger partial charge in [0, 0.05) is 0 Å². The van der Waals surface area contributed by atoms with Crippen molar-refractivity contribution in [2.45, 2.75) is 19.1 Å². The van der Waals surface area contributed by atoms with E-state index >= 15 is 0 Å². The SMILES string of the molecule is Cc1ccccc1Oc1ccc(C2Oc3ccccc3OC2C(=O)O)cc1.